The first-order valence-corrected chi connectivity index (χ1v) is 5.06. The number of benzene rings is 2. The molecule has 0 aromatic heterocycles. The van der Waals surface area contributed by atoms with Crippen molar-refractivity contribution >= 4 is 34.7 Å². The molecule has 0 N–H and O–H groups in total. The van der Waals surface area contributed by atoms with Crippen molar-refractivity contribution in [2.75, 3.05) is 0 Å². The quantitative estimate of drug-likeness (QED) is 0.585. The minimum atomic E-state index is 0. The monoisotopic (exact) mass is 320 g/mol. The van der Waals surface area contributed by atoms with Crippen LogP contribution < -0.4 is 21.7 Å². The Labute approximate surface area is 133 Å². The molecule has 4 heteroatoms. The molecule has 2 rings (SSSR count). The van der Waals surface area contributed by atoms with Gasteiger partial charge < -0.3 is 21.7 Å². The summed E-state index contributed by atoms with van der Waals surface area (Å²) in [4.78, 5) is 0. The van der Waals surface area contributed by atoms with Gasteiger partial charge in [-0.15, -0.1) is 12.1 Å². The Morgan fingerprint density at radius 1 is 1.12 bits per heavy atom. The first kappa shape index (κ1) is 16.8. The van der Waals surface area contributed by atoms with E-state index in [9.17, 15) is 0 Å². The summed E-state index contributed by atoms with van der Waals surface area (Å²) < 4.78 is 5.53. The summed E-state index contributed by atoms with van der Waals surface area (Å²) in [5.41, 5.74) is 1.06. The number of hydrogen-bond acceptors (Lipinski definition) is 1. The summed E-state index contributed by atoms with van der Waals surface area (Å²) >= 11 is 5.86. The molecule has 0 saturated carbocycles. The summed E-state index contributed by atoms with van der Waals surface area (Å²) in [5, 5.41) is 0.730. The van der Waals surface area contributed by atoms with E-state index < -0.39 is 0 Å². The van der Waals surface area contributed by atoms with E-state index in [4.69, 9.17) is 16.3 Å². The van der Waals surface area contributed by atoms with Crippen LogP contribution in [0, 0.1) is 6.07 Å². The van der Waals surface area contributed by atoms with Gasteiger partial charge in [0.1, 0.15) is 6.61 Å². The van der Waals surface area contributed by atoms with Crippen molar-refractivity contribution in [3.05, 3.63) is 65.2 Å². The van der Waals surface area contributed by atoms with Crippen LogP contribution in [-0.2, 0) is 6.61 Å². The Hall–Kier alpha value is -0.224. The molecule has 0 aliphatic carbocycles. The van der Waals surface area contributed by atoms with Crippen LogP contribution in [0.15, 0.2) is 48.5 Å². The molecular formula is C13H10BrClMgO. The molecule has 2 aromatic rings. The van der Waals surface area contributed by atoms with Crippen LogP contribution in [0.25, 0.3) is 0 Å². The van der Waals surface area contributed by atoms with Gasteiger partial charge >= 0.3 is 23.1 Å². The zero-order valence-corrected chi connectivity index (χ0v) is 13.0. The molecule has 0 aliphatic heterocycles. The van der Waals surface area contributed by atoms with Gasteiger partial charge in [0.25, 0.3) is 0 Å². The van der Waals surface area contributed by atoms with Crippen LogP contribution in [0.1, 0.15) is 5.56 Å². The maximum absolute atomic E-state index is 5.86. The minimum Gasteiger partial charge on any atom is -1.00 e. The van der Waals surface area contributed by atoms with E-state index in [1.807, 2.05) is 48.5 Å². The van der Waals surface area contributed by atoms with Gasteiger partial charge in [0.2, 0.25) is 0 Å². The SMILES string of the molecule is Clc1cccc(COc2[c-]cccc2)c1.[Br-].[Mg+2]. The van der Waals surface area contributed by atoms with Gasteiger partial charge in [-0.25, -0.2) is 0 Å². The first-order chi connectivity index (χ1) is 7.34. The summed E-state index contributed by atoms with van der Waals surface area (Å²) in [6.45, 7) is 0.515. The number of para-hydroxylation sites is 1. The predicted molar refractivity (Wildman–Crippen MR) is 66.8 cm³/mol. The Morgan fingerprint density at radius 2 is 1.94 bits per heavy atom. The van der Waals surface area contributed by atoms with Gasteiger partial charge in [-0.1, -0.05) is 23.7 Å². The molecule has 0 spiro atoms. The normalized spacial score (nSPS) is 8.76. The topological polar surface area (TPSA) is 9.23 Å². The summed E-state index contributed by atoms with van der Waals surface area (Å²) in [7, 11) is 0. The van der Waals surface area contributed by atoms with Crippen LogP contribution in [0.4, 0.5) is 0 Å². The smallest absolute Gasteiger partial charge is 1.00 e. The van der Waals surface area contributed by atoms with Crippen LogP contribution in [0.5, 0.6) is 5.75 Å². The van der Waals surface area contributed by atoms with Crippen LogP contribution in [-0.4, -0.2) is 23.1 Å². The minimum absolute atomic E-state index is 0. The molecule has 84 valence electrons. The average molecular weight is 322 g/mol. The molecule has 0 amide bonds. The standard InChI is InChI=1S/C13H10ClO.BrH.Mg/c14-12-6-4-5-11(9-12)10-15-13-7-2-1-3-8-13;;/h1-7,9H,10H2;1H;/q-1;;+2/p-1. The Balaban J connectivity index is 0.00000128. The molecule has 0 heterocycles. The van der Waals surface area contributed by atoms with Crippen molar-refractivity contribution in [1.82, 2.24) is 0 Å². The maximum Gasteiger partial charge on any atom is 2.00 e. The molecule has 0 atom stereocenters. The molecule has 0 fully saturated rings. The van der Waals surface area contributed by atoms with E-state index >= 15 is 0 Å². The van der Waals surface area contributed by atoms with E-state index in [0.717, 1.165) is 16.3 Å². The zero-order valence-electron chi connectivity index (χ0n) is 9.20. The number of ether oxygens (including phenoxy) is 1. The van der Waals surface area contributed by atoms with Crippen molar-refractivity contribution < 1.29 is 21.7 Å². The third-order valence-electron chi connectivity index (χ3n) is 1.96. The van der Waals surface area contributed by atoms with Crippen molar-refractivity contribution in [3.63, 3.8) is 0 Å². The fourth-order valence-electron chi connectivity index (χ4n) is 1.25. The summed E-state index contributed by atoms with van der Waals surface area (Å²) in [6, 6.07) is 18.2. The number of hydrogen-bond donors (Lipinski definition) is 0. The average Bonchev–Trinajstić information content (AvgIpc) is 2.28. The molecule has 1 nitrogen and oxygen atoms in total. The summed E-state index contributed by atoms with van der Waals surface area (Å²) in [6.07, 6.45) is 0. The van der Waals surface area contributed by atoms with Gasteiger partial charge in [-0.3, -0.25) is 0 Å². The predicted octanol–water partition coefficient (Wildman–Crippen LogP) is 0.342. The maximum atomic E-state index is 5.86. The van der Waals surface area contributed by atoms with E-state index in [1.54, 1.807) is 0 Å². The molecular weight excluding hydrogens is 312 g/mol. The third kappa shape index (κ3) is 5.77. The second-order valence-electron chi connectivity index (χ2n) is 3.15. The van der Waals surface area contributed by atoms with Crippen LogP contribution >= 0.6 is 11.6 Å². The molecule has 0 unspecified atom stereocenters. The molecule has 0 bridgehead atoms. The second-order valence-corrected chi connectivity index (χ2v) is 3.58. The molecule has 2 aromatic carbocycles. The van der Waals surface area contributed by atoms with Gasteiger partial charge in [-0.05, 0) is 17.7 Å². The fraction of sp³-hybridized carbons (Fsp3) is 0.0769. The van der Waals surface area contributed by atoms with Gasteiger partial charge in [0, 0.05) is 10.8 Å². The molecule has 0 saturated heterocycles. The molecule has 0 aliphatic rings. The molecule has 17 heavy (non-hydrogen) atoms. The number of rotatable bonds is 3. The van der Waals surface area contributed by atoms with E-state index in [-0.39, 0.29) is 40.0 Å². The second kappa shape index (κ2) is 8.81. The Bertz CT molecular complexity index is 436. The van der Waals surface area contributed by atoms with Crippen molar-refractivity contribution in [3.8, 4) is 5.75 Å². The molecule has 0 radical (unpaired) electrons. The van der Waals surface area contributed by atoms with Crippen molar-refractivity contribution in [2.24, 2.45) is 0 Å². The van der Waals surface area contributed by atoms with E-state index in [2.05, 4.69) is 6.07 Å². The summed E-state index contributed by atoms with van der Waals surface area (Å²) in [5.74, 6) is 0.748. The van der Waals surface area contributed by atoms with E-state index in [0.29, 0.717) is 6.61 Å². The van der Waals surface area contributed by atoms with Crippen molar-refractivity contribution in [2.45, 2.75) is 6.61 Å². The van der Waals surface area contributed by atoms with Gasteiger partial charge in [-0.2, -0.15) is 18.2 Å². The van der Waals surface area contributed by atoms with Crippen molar-refractivity contribution in [1.29, 1.82) is 0 Å². The van der Waals surface area contributed by atoms with Crippen LogP contribution in [0.3, 0.4) is 0 Å². The van der Waals surface area contributed by atoms with Gasteiger partial charge in [0.05, 0.1) is 0 Å². The van der Waals surface area contributed by atoms with Gasteiger partial charge in [0.15, 0.2) is 0 Å². The first-order valence-electron chi connectivity index (χ1n) is 4.68. The number of halogens is 2. The largest absolute Gasteiger partial charge is 2.00 e. The van der Waals surface area contributed by atoms with E-state index in [1.165, 1.54) is 0 Å². The fourth-order valence-corrected chi connectivity index (χ4v) is 1.47. The Morgan fingerprint density at radius 3 is 2.59 bits per heavy atom. The Kier molecular flexibility index (Phi) is 8.69. The van der Waals surface area contributed by atoms with Crippen LogP contribution in [0.2, 0.25) is 5.02 Å². The zero-order chi connectivity index (χ0) is 10.5. The third-order valence-corrected chi connectivity index (χ3v) is 2.20.